The molecule has 0 saturated heterocycles. The third kappa shape index (κ3) is 2.01. The Morgan fingerprint density at radius 1 is 1.38 bits per heavy atom. The lowest BCUT2D eigenvalue weighted by Crippen LogP contribution is -2.07. The first-order chi connectivity index (χ1) is 7.58. The van der Waals surface area contributed by atoms with Crippen molar-refractivity contribution in [3.63, 3.8) is 0 Å². The Balaban J connectivity index is 2.23. The van der Waals surface area contributed by atoms with E-state index < -0.39 is 0 Å². The van der Waals surface area contributed by atoms with Crippen LogP contribution in [0, 0.1) is 13.8 Å². The highest BCUT2D eigenvalue weighted by atomic mass is 15.1. The van der Waals surface area contributed by atoms with Crippen LogP contribution in [-0.2, 0) is 6.54 Å². The molecule has 0 atom stereocenters. The van der Waals surface area contributed by atoms with Crippen LogP contribution in [0.5, 0.6) is 0 Å². The number of H-pyrrole nitrogens is 1. The van der Waals surface area contributed by atoms with E-state index in [1.807, 2.05) is 26.2 Å². The summed E-state index contributed by atoms with van der Waals surface area (Å²) in [6.45, 7) is 9.13. The van der Waals surface area contributed by atoms with Gasteiger partial charge in [0.2, 0.25) is 0 Å². The fourth-order valence-corrected chi connectivity index (χ4v) is 1.81. The summed E-state index contributed by atoms with van der Waals surface area (Å²) >= 11 is 0. The lowest BCUT2D eigenvalue weighted by Gasteiger charge is -2.08. The van der Waals surface area contributed by atoms with E-state index in [4.69, 9.17) is 0 Å². The molecule has 0 unspecified atom stereocenters. The molecule has 4 heteroatoms. The first-order valence-electron chi connectivity index (χ1n) is 5.61. The highest BCUT2D eigenvalue weighted by Crippen LogP contribution is 2.13. The molecule has 2 aromatic heterocycles. The van der Waals surface area contributed by atoms with Crippen LogP contribution in [0.15, 0.2) is 12.4 Å². The van der Waals surface area contributed by atoms with E-state index in [1.54, 1.807) is 0 Å². The average Bonchev–Trinajstić information content (AvgIpc) is 2.75. The van der Waals surface area contributed by atoms with Gasteiger partial charge in [-0.3, -0.25) is 0 Å². The van der Waals surface area contributed by atoms with E-state index in [2.05, 4.69) is 33.4 Å². The average molecular weight is 218 g/mol. The highest BCUT2D eigenvalue weighted by Gasteiger charge is 2.09. The molecule has 0 aromatic carbocycles. The van der Waals surface area contributed by atoms with E-state index in [0.29, 0.717) is 5.92 Å². The highest BCUT2D eigenvalue weighted by molar-refractivity contribution is 5.11. The molecule has 0 saturated carbocycles. The second kappa shape index (κ2) is 4.12. The first-order valence-corrected chi connectivity index (χ1v) is 5.61. The Morgan fingerprint density at radius 2 is 2.12 bits per heavy atom. The molecule has 4 nitrogen and oxygen atoms in total. The van der Waals surface area contributed by atoms with Crippen molar-refractivity contribution in [2.75, 3.05) is 0 Å². The van der Waals surface area contributed by atoms with Gasteiger partial charge in [-0.25, -0.2) is 9.97 Å². The summed E-state index contributed by atoms with van der Waals surface area (Å²) in [7, 11) is 0. The molecule has 2 heterocycles. The van der Waals surface area contributed by atoms with E-state index in [-0.39, 0.29) is 0 Å². The van der Waals surface area contributed by atoms with E-state index in [9.17, 15) is 0 Å². The minimum Gasteiger partial charge on any atom is -0.344 e. The summed E-state index contributed by atoms with van der Waals surface area (Å²) in [4.78, 5) is 12.1. The topological polar surface area (TPSA) is 46.5 Å². The van der Waals surface area contributed by atoms with Crippen LogP contribution in [0.3, 0.4) is 0 Å². The van der Waals surface area contributed by atoms with Crippen LogP contribution < -0.4 is 0 Å². The molecule has 0 aliphatic rings. The zero-order valence-electron chi connectivity index (χ0n) is 10.3. The smallest absolute Gasteiger partial charge is 0.126 e. The molecule has 0 amide bonds. The largest absolute Gasteiger partial charge is 0.344 e. The van der Waals surface area contributed by atoms with Gasteiger partial charge in [-0.05, 0) is 13.8 Å². The van der Waals surface area contributed by atoms with Crippen LogP contribution in [-0.4, -0.2) is 19.5 Å². The third-order valence-corrected chi connectivity index (χ3v) is 2.76. The van der Waals surface area contributed by atoms with Gasteiger partial charge in [0, 0.05) is 24.0 Å². The summed E-state index contributed by atoms with van der Waals surface area (Å²) in [6.07, 6.45) is 3.85. The van der Waals surface area contributed by atoms with Gasteiger partial charge in [-0.2, -0.15) is 0 Å². The van der Waals surface area contributed by atoms with Crippen molar-refractivity contribution < 1.29 is 0 Å². The second-order valence-corrected chi connectivity index (χ2v) is 4.46. The summed E-state index contributed by atoms with van der Waals surface area (Å²) in [5, 5.41) is 0. The van der Waals surface area contributed by atoms with E-state index in [1.165, 1.54) is 0 Å². The number of aryl methyl sites for hydroxylation is 2. The van der Waals surface area contributed by atoms with Crippen LogP contribution in [0.2, 0.25) is 0 Å². The maximum Gasteiger partial charge on any atom is 0.126 e. The molecular formula is C12H18N4. The van der Waals surface area contributed by atoms with Gasteiger partial charge >= 0.3 is 0 Å². The molecule has 86 valence electrons. The number of nitrogens with zero attached hydrogens (tertiary/aromatic N) is 3. The predicted octanol–water partition coefficient (Wildman–Crippen LogP) is 2.39. The number of imidazole rings is 2. The number of rotatable bonds is 3. The zero-order valence-corrected chi connectivity index (χ0v) is 10.3. The van der Waals surface area contributed by atoms with Gasteiger partial charge in [0.25, 0.3) is 0 Å². The maximum atomic E-state index is 4.48. The Morgan fingerprint density at radius 3 is 2.69 bits per heavy atom. The fraction of sp³-hybridized carbons (Fsp3) is 0.500. The standard InChI is InChI=1S/C12H18N4/c1-8(2)12-13-5-6-16(12)7-11-14-9(3)10(4)15-11/h5-6,8H,7H2,1-4H3,(H,14,15). The van der Waals surface area contributed by atoms with E-state index >= 15 is 0 Å². The molecule has 0 fully saturated rings. The molecule has 0 radical (unpaired) electrons. The van der Waals surface area contributed by atoms with E-state index in [0.717, 1.165) is 29.6 Å². The SMILES string of the molecule is Cc1nc(Cn2ccnc2C(C)C)[nH]c1C. The van der Waals surface area contributed by atoms with Crippen molar-refractivity contribution in [3.05, 3.63) is 35.4 Å². The van der Waals surface area contributed by atoms with Crippen molar-refractivity contribution in [2.45, 2.75) is 40.2 Å². The van der Waals surface area contributed by atoms with Gasteiger partial charge in [0.15, 0.2) is 0 Å². The van der Waals surface area contributed by atoms with Crippen LogP contribution >= 0.6 is 0 Å². The maximum absolute atomic E-state index is 4.48. The van der Waals surface area contributed by atoms with Crippen molar-refractivity contribution in [2.24, 2.45) is 0 Å². The predicted molar refractivity (Wildman–Crippen MR) is 63.5 cm³/mol. The van der Waals surface area contributed by atoms with Gasteiger partial charge in [0.05, 0.1) is 12.2 Å². The molecule has 0 bridgehead atoms. The van der Waals surface area contributed by atoms with Gasteiger partial charge in [-0.15, -0.1) is 0 Å². The third-order valence-electron chi connectivity index (χ3n) is 2.76. The molecule has 1 N–H and O–H groups in total. The molecule has 2 rings (SSSR count). The van der Waals surface area contributed by atoms with Crippen LogP contribution in [0.25, 0.3) is 0 Å². The number of aromatic amines is 1. The van der Waals surface area contributed by atoms with Gasteiger partial charge in [-0.1, -0.05) is 13.8 Å². The van der Waals surface area contributed by atoms with Crippen molar-refractivity contribution >= 4 is 0 Å². The zero-order chi connectivity index (χ0) is 11.7. The van der Waals surface area contributed by atoms with Gasteiger partial charge in [0.1, 0.15) is 11.6 Å². The number of aromatic nitrogens is 4. The molecule has 0 spiro atoms. The lowest BCUT2D eigenvalue weighted by molar-refractivity contribution is 0.653. The van der Waals surface area contributed by atoms with Crippen molar-refractivity contribution in [3.8, 4) is 0 Å². The Bertz CT molecular complexity index is 459. The normalized spacial score (nSPS) is 11.3. The van der Waals surface area contributed by atoms with Crippen molar-refractivity contribution in [1.82, 2.24) is 19.5 Å². The second-order valence-electron chi connectivity index (χ2n) is 4.46. The monoisotopic (exact) mass is 218 g/mol. The molecule has 16 heavy (non-hydrogen) atoms. The summed E-state index contributed by atoms with van der Waals surface area (Å²) in [5.41, 5.74) is 2.21. The quantitative estimate of drug-likeness (QED) is 0.859. The summed E-state index contributed by atoms with van der Waals surface area (Å²) < 4.78 is 2.14. The summed E-state index contributed by atoms with van der Waals surface area (Å²) in [6, 6.07) is 0. The minimum absolute atomic E-state index is 0.437. The number of hydrogen-bond acceptors (Lipinski definition) is 2. The molecule has 2 aromatic rings. The lowest BCUT2D eigenvalue weighted by atomic mass is 10.2. The van der Waals surface area contributed by atoms with Crippen LogP contribution in [0.4, 0.5) is 0 Å². The Hall–Kier alpha value is -1.58. The number of nitrogens with one attached hydrogen (secondary N) is 1. The Labute approximate surface area is 95.7 Å². The first kappa shape index (κ1) is 10.9. The molecular weight excluding hydrogens is 200 g/mol. The summed E-state index contributed by atoms with van der Waals surface area (Å²) in [5.74, 6) is 2.54. The molecule has 0 aliphatic carbocycles. The van der Waals surface area contributed by atoms with Crippen LogP contribution in [0.1, 0.15) is 42.8 Å². The minimum atomic E-state index is 0.437. The number of hydrogen-bond donors (Lipinski definition) is 1. The Kier molecular flexibility index (Phi) is 2.81. The van der Waals surface area contributed by atoms with Gasteiger partial charge < -0.3 is 9.55 Å². The van der Waals surface area contributed by atoms with Crippen molar-refractivity contribution in [1.29, 1.82) is 0 Å². The fourth-order valence-electron chi connectivity index (χ4n) is 1.81. The molecule has 0 aliphatic heterocycles.